The molecule has 0 aliphatic heterocycles. The molecule has 1 aromatic carbocycles. The average Bonchev–Trinajstić information content (AvgIpc) is 2.96. The first-order valence-corrected chi connectivity index (χ1v) is 8.34. The van der Waals surface area contributed by atoms with Crippen molar-refractivity contribution in [3.63, 3.8) is 0 Å². The van der Waals surface area contributed by atoms with Crippen molar-refractivity contribution in [3.05, 3.63) is 50.9 Å². The third-order valence-electron chi connectivity index (χ3n) is 3.33. The van der Waals surface area contributed by atoms with Crippen molar-refractivity contribution >= 4 is 52.5 Å². The number of halogens is 3. The van der Waals surface area contributed by atoms with Crippen molar-refractivity contribution in [3.8, 4) is 11.3 Å². The molecule has 0 fully saturated rings. The summed E-state index contributed by atoms with van der Waals surface area (Å²) in [6, 6.07) is 6.40. The molecule has 7 nitrogen and oxygen atoms in total. The predicted molar refractivity (Wildman–Crippen MR) is 98.4 cm³/mol. The number of ether oxygens (including phenoxy) is 1. The summed E-state index contributed by atoms with van der Waals surface area (Å²) in [7, 11) is 1.24. The number of hydrogen-bond acceptors (Lipinski definition) is 7. The fraction of sp³-hybridized carbons (Fsp3) is 0.125. The number of aryl methyl sites for hydroxylation is 1. The van der Waals surface area contributed by atoms with Crippen molar-refractivity contribution < 1.29 is 14.1 Å². The normalized spacial score (nSPS) is 10.7. The van der Waals surface area contributed by atoms with Crippen molar-refractivity contribution in [2.75, 3.05) is 12.4 Å². The lowest BCUT2D eigenvalue weighted by atomic mass is 10.1. The molecule has 0 amide bonds. The maximum absolute atomic E-state index is 12.3. The molecule has 0 aliphatic carbocycles. The van der Waals surface area contributed by atoms with Crippen LogP contribution in [0.2, 0.25) is 15.2 Å². The largest absolute Gasteiger partial charge is 0.465 e. The van der Waals surface area contributed by atoms with Gasteiger partial charge in [0.25, 0.3) is 0 Å². The molecule has 3 aromatic rings. The summed E-state index contributed by atoms with van der Waals surface area (Å²) < 4.78 is 10.1. The number of nitrogens with zero attached hydrogens (tertiary/aromatic N) is 3. The van der Waals surface area contributed by atoms with Gasteiger partial charge in [-0.05, 0) is 19.1 Å². The summed E-state index contributed by atoms with van der Waals surface area (Å²) in [6.07, 6.45) is 0. The fourth-order valence-corrected chi connectivity index (χ4v) is 3.08. The van der Waals surface area contributed by atoms with Gasteiger partial charge >= 0.3 is 5.97 Å². The van der Waals surface area contributed by atoms with Crippen molar-refractivity contribution in [2.45, 2.75) is 6.92 Å². The second kappa shape index (κ2) is 7.49. The molecule has 134 valence electrons. The molecule has 2 heterocycles. The van der Waals surface area contributed by atoms with Crippen LogP contribution in [0.5, 0.6) is 0 Å². The molecule has 0 spiro atoms. The van der Waals surface area contributed by atoms with E-state index in [-0.39, 0.29) is 22.3 Å². The van der Waals surface area contributed by atoms with E-state index in [0.717, 1.165) is 0 Å². The Morgan fingerprint density at radius 1 is 1.19 bits per heavy atom. The van der Waals surface area contributed by atoms with Gasteiger partial charge in [-0.15, -0.1) is 0 Å². The van der Waals surface area contributed by atoms with E-state index in [2.05, 4.69) is 20.4 Å². The maximum atomic E-state index is 12.3. The van der Waals surface area contributed by atoms with Gasteiger partial charge in [0.1, 0.15) is 22.5 Å². The zero-order valence-corrected chi connectivity index (χ0v) is 15.8. The van der Waals surface area contributed by atoms with Gasteiger partial charge in [0.05, 0.1) is 17.2 Å². The molecule has 0 radical (unpaired) electrons. The number of hydrogen-bond donors (Lipinski definition) is 1. The second-order valence-electron chi connectivity index (χ2n) is 5.07. The van der Waals surface area contributed by atoms with Crippen LogP contribution in [0.15, 0.2) is 28.8 Å². The number of carbonyl (C=O) groups is 1. The minimum Gasteiger partial charge on any atom is -0.465 e. The Labute approximate surface area is 163 Å². The smallest absolute Gasteiger partial charge is 0.345 e. The van der Waals surface area contributed by atoms with Crippen LogP contribution in [0.25, 0.3) is 11.3 Å². The number of aromatic nitrogens is 3. The standard InChI is InChI=1S/C16H11Cl3N4O3/c1-7-20-10(19)6-11(21-7)22-15-13(16(24)25-2)14(23-26-15)12-8(17)4-3-5-9(12)18/h3-6H,1-2H3,(H,20,21,22). The number of carbonyl (C=O) groups excluding carboxylic acids is 1. The van der Waals surface area contributed by atoms with Crippen LogP contribution in [0.4, 0.5) is 11.7 Å². The van der Waals surface area contributed by atoms with E-state index in [1.807, 2.05) is 0 Å². The van der Waals surface area contributed by atoms with Crippen LogP contribution in [0, 0.1) is 6.92 Å². The predicted octanol–water partition coefficient (Wildman–Crippen LogP) is 4.93. The quantitative estimate of drug-likeness (QED) is 0.479. The molecule has 0 aliphatic rings. The summed E-state index contributed by atoms with van der Waals surface area (Å²) in [6.45, 7) is 1.67. The summed E-state index contributed by atoms with van der Waals surface area (Å²) in [5, 5.41) is 7.63. The Morgan fingerprint density at radius 2 is 1.88 bits per heavy atom. The first kappa shape index (κ1) is 18.4. The van der Waals surface area contributed by atoms with Crippen LogP contribution < -0.4 is 5.32 Å². The van der Waals surface area contributed by atoms with Crippen LogP contribution >= 0.6 is 34.8 Å². The molecule has 0 saturated heterocycles. The van der Waals surface area contributed by atoms with Gasteiger partial charge in [-0.2, -0.15) is 0 Å². The molecule has 0 bridgehead atoms. The first-order chi connectivity index (χ1) is 12.4. The number of anilines is 2. The molecule has 0 unspecified atom stereocenters. The third kappa shape index (κ3) is 3.60. The number of rotatable bonds is 4. The number of methoxy groups -OCH3 is 1. The SMILES string of the molecule is COC(=O)c1c(-c2c(Cl)cccc2Cl)noc1Nc1cc(Cl)nc(C)n1. The zero-order chi connectivity index (χ0) is 18.8. The van der Waals surface area contributed by atoms with E-state index >= 15 is 0 Å². The Bertz CT molecular complexity index is 950. The molecule has 3 rings (SSSR count). The Morgan fingerprint density at radius 3 is 2.50 bits per heavy atom. The van der Waals surface area contributed by atoms with Gasteiger partial charge in [-0.25, -0.2) is 14.8 Å². The van der Waals surface area contributed by atoms with E-state index in [1.54, 1.807) is 25.1 Å². The highest BCUT2D eigenvalue weighted by atomic mass is 35.5. The topological polar surface area (TPSA) is 90.1 Å². The minimum atomic E-state index is -0.684. The lowest BCUT2D eigenvalue weighted by Crippen LogP contribution is -2.06. The van der Waals surface area contributed by atoms with E-state index < -0.39 is 5.97 Å². The maximum Gasteiger partial charge on any atom is 0.345 e. The van der Waals surface area contributed by atoms with Crippen LogP contribution in [-0.4, -0.2) is 28.2 Å². The van der Waals surface area contributed by atoms with E-state index in [0.29, 0.717) is 27.3 Å². The van der Waals surface area contributed by atoms with Gasteiger partial charge in [0, 0.05) is 11.6 Å². The number of nitrogens with one attached hydrogen (secondary N) is 1. The number of benzene rings is 1. The summed E-state index contributed by atoms with van der Waals surface area (Å²) in [4.78, 5) is 20.5. The van der Waals surface area contributed by atoms with Crippen molar-refractivity contribution in [2.24, 2.45) is 0 Å². The highest BCUT2D eigenvalue weighted by Gasteiger charge is 2.28. The Balaban J connectivity index is 2.13. The van der Waals surface area contributed by atoms with E-state index in [9.17, 15) is 4.79 Å². The van der Waals surface area contributed by atoms with Gasteiger partial charge < -0.3 is 14.6 Å². The zero-order valence-electron chi connectivity index (χ0n) is 13.5. The van der Waals surface area contributed by atoms with Crippen LogP contribution in [0.1, 0.15) is 16.2 Å². The number of esters is 1. The summed E-state index contributed by atoms with van der Waals surface area (Å²) >= 11 is 18.4. The highest BCUT2D eigenvalue weighted by Crippen LogP contribution is 2.39. The van der Waals surface area contributed by atoms with E-state index in [1.165, 1.54) is 13.2 Å². The fourth-order valence-electron chi connectivity index (χ4n) is 2.27. The van der Waals surface area contributed by atoms with Crippen molar-refractivity contribution in [1.82, 2.24) is 15.1 Å². The van der Waals surface area contributed by atoms with Crippen LogP contribution in [-0.2, 0) is 4.74 Å². The Kier molecular flexibility index (Phi) is 5.31. The molecule has 0 saturated carbocycles. The lowest BCUT2D eigenvalue weighted by Gasteiger charge is -2.07. The minimum absolute atomic E-state index is 0.0111. The first-order valence-electron chi connectivity index (χ1n) is 7.21. The Hall–Kier alpha value is -2.35. The van der Waals surface area contributed by atoms with Crippen LogP contribution in [0.3, 0.4) is 0 Å². The van der Waals surface area contributed by atoms with E-state index in [4.69, 9.17) is 44.1 Å². The summed E-state index contributed by atoms with van der Waals surface area (Å²) in [5.41, 5.74) is 0.520. The van der Waals surface area contributed by atoms with Crippen molar-refractivity contribution in [1.29, 1.82) is 0 Å². The molecular weight excluding hydrogens is 403 g/mol. The molecule has 2 aromatic heterocycles. The molecular formula is C16H11Cl3N4O3. The van der Waals surface area contributed by atoms with Gasteiger partial charge in [-0.3, -0.25) is 0 Å². The second-order valence-corrected chi connectivity index (χ2v) is 6.27. The van der Waals surface area contributed by atoms with Gasteiger partial charge in [0.15, 0.2) is 5.56 Å². The molecule has 1 N–H and O–H groups in total. The third-order valence-corrected chi connectivity index (χ3v) is 4.15. The van der Waals surface area contributed by atoms with Gasteiger partial charge in [0.2, 0.25) is 5.88 Å². The highest BCUT2D eigenvalue weighted by molar-refractivity contribution is 6.39. The molecule has 10 heteroatoms. The lowest BCUT2D eigenvalue weighted by molar-refractivity contribution is 0.0602. The molecule has 0 atom stereocenters. The summed E-state index contributed by atoms with van der Waals surface area (Å²) in [5.74, 6) is 0.0859. The monoisotopic (exact) mass is 412 g/mol. The van der Waals surface area contributed by atoms with Gasteiger partial charge in [-0.1, -0.05) is 46.0 Å². The average molecular weight is 414 g/mol. The molecule has 26 heavy (non-hydrogen) atoms.